The quantitative estimate of drug-likeness (QED) is 0.317. The zero-order valence-corrected chi connectivity index (χ0v) is 27.4. The van der Waals surface area contributed by atoms with Gasteiger partial charge in [-0.15, -0.1) is 28.2 Å². The van der Waals surface area contributed by atoms with Crippen molar-refractivity contribution in [2.24, 2.45) is 0 Å². The smallest absolute Gasteiger partial charge is 0.656 e. The monoisotopic (exact) mass is 520 g/mol. The third-order valence-electron chi connectivity index (χ3n) is 2.73. The van der Waals surface area contributed by atoms with Crippen molar-refractivity contribution in [2.45, 2.75) is 65.6 Å². The standard InChI is InChI=1S/C14H33N4.2C4H11Si.Y/c1-14(2,3)15-8-9-18(12-10-16(4)5)13-11-17(6)7;2*1-5(2,3)4;/h8-13H2,1-7H3;2*1H2,2-4H3;/q3*-1;+3. The van der Waals surface area contributed by atoms with E-state index in [1.807, 2.05) is 0 Å². The van der Waals surface area contributed by atoms with Gasteiger partial charge in [0.25, 0.3) is 0 Å². The number of hydrogen-bond donors (Lipinski definition) is 0. The maximum atomic E-state index is 4.68. The molecular weight excluding hydrogens is 465 g/mol. The molecule has 0 spiro atoms. The van der Waals surface area contributed by atoms with Crippen LogP contribution < -0.4 is 0 Å². The minimum Gasteiger partial charge on any atom is -0.656 e. The van der Waals surface area contributed by atoms with Gasteiger partial charge in [0, 0.05) is 26.2 Å². The van der Waals surface area contributed by atoms with E-state index in [-0.39, 0.29) is 38.2 Å². The summed E-state index contributed by atoms with van der Waals surface area (Å²) in [7, 11) is 6.79. The molecule has 0 heterocycles. The van der Waals surface area contributed by atoms with Crippen molar-refractivity contribution in [3.05, 3.63) is 18.4 Å². The second-order valence-electron chi connectivity index (χ2n) is 11.6. The fourth-order valence-corrected chi connectivity index (χ4v) is 1.55. The number of nitrogens with zero attached hydrogens (tertiary/aromatic N) is 4. The second-order valence-corrected chi connectivity index (χ2v) is 21.9. The number of rotatable bonds is 9. The Balaban J connectivity index is -0.000000235. The van der Waals surface area contributed by atoms with Gasteiger partial charge in [-0.2, -0.15) is 0 Å². The zero-order chi connectivity index (χ0) is 23.2. The molecule has 0 amide bonds. The summed E-state index contributed by atoms with van der Waals surface area (Å²) in [5.74, 6) is 0. The van der Waals surface area contributed by atoms with Crippen LogP contribution in [0.4, 0.5) is 0 Å². The Morgan fingerprint density at radius 1 is 0.655 bits per heavy atom. The number of likely N-dealkylation sites (N-methyl/N-ethyl adjacent to an activating group) is 2. The molecule has 0 radical (unpaired) electrons. The summed E-state index contributed by atoms with van der Waals surface area (Å²) >= 11 is 0. The third-order valence-corrected chi connectivity index (χ3v) is 2.73. The summed E-state index contributed by atoms with van der Waals surface area (Å²) in [5.41, 5.74) is 0.0920. The Morgan fingerprint density at radius 3 is 1.14 bits per heavy atom. The van der Waals surface area contributed by atoms with Crippen LogP contribution in [-0.2, 0) is 32.7 Å². The van der Waals surface area contributed by atoms with E-state index >= 15 is 0 Å². The molecule has 0 aromatic heterocycles. The van der Waals surface area contributed by atoms with Crippen LogP contribution in [0.1, 0.15) is 20.8 Å². The van der Waals surface area contributed by atoms with Crippen molar-refractivity contribution in [1.82, 2.24) is 14.7 Å². The van der Waals surface area contributed by atoms with E-state index in [9.17, 15) is 0 Å². The Hall–Kier alpha value is 1.38. The van der Waals surface area contributed by atoms with Crippen LogP contribution in [0.5, 0.6) is 0 Å². The predicted molar refractivity (Wildman–Crippen MR) is 139 cm³/mol. The molecule has 0 atom stereocenters. The molecule has 4 nitrogen and oxygen atoms in total. The molecule has 174 valence electrons. The first kappa shape index (κ1) is 37.7. The van der Waals surface area contributed by atoms with Gasteiger partial charge in [0.15, 0.2) is 0 Å². The fourth-order valence-electron chi connectivity index (χ4n) is 1.55. The summed E-state index contributed by atoms with van der Waals surface area (Å²) in [6.07, 6.45) is 0. The largest absolute Gasteiger partial charge is 3.00 e. The summed E-state index contributed by atoms with van der Waals surface area (Å²) in [6, 6.07) is 0. The van der Waals surface area contributed by atoms with E-state index in [1.165, 1.54) is 0 Å². The van der Waals surface area contributed by atoms with Crippen LogP contribution >= 0.6 is 0 Å². The summed E-state index contributed by atoms with van der Waals surface area (Å²) in [6.45, 7) is 34.1. The molecule has 0 aromatic rings. The van der Waals surface area contributed by atoms with Gasteiger partial charge >= 0.3 is 32.7 Å². The van der Waals surface area contributed by atoms with Crippen molar-refractivity contribution in [3.8, 4) is 0 Å². The third kappa shape index (κ3) is 65.2. The molecule has 7 heteroatoms. The maximum Gasteiger partial charge on any atom is 3.00 e. The molecule has 0 fully saturated rings. The SMILES string of the molecule is CN(C)CCN(CC[N-]C(C)(C)C)CCN(C)C.[CH2-][Si](C)(C)C.[CH2-][Si](C)(C)C.[Y+3]. The molecule has 29 heavy (non-hydrogen) atoms. The maximum absolute atomic E-state index is 4.68. The summed E-state index contributed by atoms with van der Waals surface area (Å²) in [5, 5.41) is 4.68. The van der Waals surface area contributed by atoms with Crippen molar-refractivity contribution in [3.63, 3.8) is 0 Å². The topological polar surface area (TPSA) is 23.8 Å². The molecular formula is C22H55N4Si2Y. The summed E-state index contributed by atoms with van der Waals surface area (Å²) < 4.78 is 0. The molecule has 0 aromatic carbocycles. The minimum atomic E-state index is -0.861. The van der Waals surface area contributed by atoms with Crippen molar-refractivity contribution in [2.75, 3.05) is 67.5 Å². The normalized spacial score (nSPS) is 12.2. The van der Waals surface area contributed by atoms with Gasteiger partial charge in [0.1, 0.15) is 0 Å². The van der Waals surface area contributed by atoms with E-state index in [0.717, 1.165) is 39.3 Å². The first-order valence-electron chi connectivity index (χ1n) is 10.6. The zero-order valence-electron chi connectivity index (χ0n) is 22.5. The van der Waals surface area contributed by atoms with Gasteiger partial charge in [-0.05, 0) is 34.7 Å². The van der Waals surface area contributed by atoms with Crippen molar-refractivity contribution >= 4 is 16.1 Å². The Bertz CT molecular complexity index is 310. The van der Waals surface area contributed by atoms with Gasteiger partial charge in [0.05, 0.1) is 0 Å². The van der Waals surface area contributed by atoms with E-state index in [1.54, 1.807) is 0 Å². The molecule has 0 unspecified atom stereocenters. The van der Waals surface area contributed by atoms with Gasteiger partial charge in [-0.1, -0.05) is 60.1 Å². The van der Waals surface area contributed by atoms with E-state index in [2.05, 4.69) is 121 Å². The van der Waals surface area contributed by atoms with Crippen LogP contribution in [0.2, 0.25) is 39.3 Å². The second kappa shape index (κ2) is 18.9. The first-order chi connectivity index (χ1) is 12.2. The van der Waals surface area contributed by atoms with E-state index in [4.69, 9.17) is 0 Å². The molecule has 0 saturated carbocycles. The van der Waals surface area contributed by atoms with Crippen LogP contribution in [0, 0.1) is 13.1 Å². The molecule has 0 N–H and O–H groups in total. The molecule has 0 rings (SSSR count). The minimum absolute atomic E-state index is 0. The number of hydrogen-bond acceptors (Lipinski definition) is 3. The average molecular weight is 521 g/mol. The fraction of sp³-hybridized carbons (Fsp3) is 0.909. The van der Waals surface area contributed by atoms with Gasteiger partial charge < -0.3 is 33.1 Å². The predicted octanol–water partition coefficient (Wildman–Crippen LogP) is 4.98. The van der Waals surface area contributed by atoms with Crippen LogP contribution in [0.15, 0.2) is 0 Å². The van der Waals surface area contributed by atoms with Crippen LogP contribution in [-0.4, -0.2) is 104 Å². The van der Waals surface area contributed by atoms with Crippen LogP contribution in [0.25, 0.3) is 5.32 Å². The Labute approximate surface area is 213 Å². The average Bonchev–Trinajstić information content (AvgIpc) is 2.35. The van der Waals surface area contributed by atoms with Gasteiger partial charge in [-0.25, -0.2) is 0 Å². The van der Waals surface area contributed by atoms with Crippen molar-refractivity contribution in [1.29, 1.82) is 0 Å². The molecule has 0 bridgehead atoms. The van der Waals surface area contributed by atoms with Gasteiger partial charge in [0.2, 0.25) is 0 Å². The molecule has 0 aliphatic carbocycles. The Kier molecular flexibility index (Phi) is 24.6. The summed E-state index contributed by atoms with van der Waals surface area (Å²) in [4.78, 5) is 6.99. The Morgan fingerprint density at radius 2 is 0.931 bits per heavy atom. The molecule has 0 saturated heterocycles. The van der Waals surface area contributed by atoms with E-state index in [0.29, 0.717) is 0 Å². The van der Waals surface area contributed by atoms with Gasteiger partial charge in [-0.3, -0.25) is 0 Å². The van der Waals surface area contributed by atoms with E-state index < -0.39 is 16.1 Å². The van der Waals surface area contributed by atoms with Crippen molar-refractivity contribution < 1.29 is 32.7 Å². The van der Waals surface area contributed by atoms with Crippen LogP contribution in [0.3, 0.4) is 0 Å². The first-order valence-corrected chi connectivity index (χ1v) is 18.0. The molecule has 0 aliphatic heterocycles. The molecule has 0 aliphatic rings.